The smallest absolute Gasteiger partial charge is 0.152 e. The van der Waals surface area contributed by atoms with E-state index in [-0.39, 0.29) is 0 Å². The SMILES string of the molecule is Cc1cnc(Cl)c(NC(C)C(C)C)c1. The third-order valence-corrected chi connectivity index (χ3v) is 2.66. The number of pyridine rings is 1. The highest BCUT2D eigenvalue weighted by Gasteiger charge is 2.09. The number of aromatic nitrogens is 1. The van der Waals surface area contributed by atoms with E-state index in [0.29, 0.717) is 17.1 Å². The highest BCUT2D eigenvalue weighted by atomic mass is 35.5. The zero-order chi connectivity index (χ0) is 10.7. The minimum Gasteiger partial charge on any atom is -0.380 e. The molecule has 0 spiro atoms. The van der Waals surface area contributed by atoms with E-state index in [1.54, 1.807) is 6.20 Å². The fourth-order valence-electron chi connectivity index (χ4n) is 1.07. The van der Waals surface area contributed by atoms with Crippen LogP contribution >= 0.6 is 11.6 Å². The molecule has 0 radical (unpaired) electrons. The number of anilines is 1. The van der Waals surface area contributed by atoms with Crippen molar-refractivity contribution in [2.45, 2.75) is 33.7 Å². The van der Waals surface area contributed by atoms with Crippen molar-refractivity contribution in [1.82, 2.24) is 4.98 Å². The molecule has 0 aromatic carbocycles. The van der Waals surface area contributed by atoms with Crippen molar-refractivity contribution in [2.75, 3.05) is 5.32 Å². The van der Waals surface area contributed by atoms with Crippen molar-refractivity contribution < 1.29 is 0 Å². The molecule has 1 aromatic rings. The quantitative estimate of drug-likeness (QED) is 0.776. The number of rotatable bonds is 3. The van der Waals surface area contributed by atoms with E-state index < -0.39 is 0 Å². The highest BCUT2D eigenvalue weighted by Crippen LogP contribution is 2.21. The number of aryl methyl sites for hydroxylation is 1. The first kappa shape index (κ1) is 11.3. The van der Waals surface area contributed by atoms with Gasteiger partial charge in [-0.25, -0.2) is 4.98 Å². The molecule has 0 saturated carbocycles. The van der Waals surface area contributed by atoms with Crippen molar-refractivity contribution >= 4 is 17.3 Å². The molecule has 2 nitrogen and oxygen atoms in total. The van der Waals surface area contributed by atoms with Crippen LogP contribution in [0.4, 0.5) is 5.69 Å². The van der Waals surface area contributed by atoms with Crippen molar-refractivity contribution in [3.8, 4) is 0 Å². The van der Waals surface area contributed by atoms with Crippen LogP contribution in [0, 0.1) is 12.8 Å². The first-order valence-electron chi connectivity index (χ1n) is 4.89. The molecule has 1 N–H and O–H groups in total. The maximum atomic E-state index is 5.97. The van der Waals surface area contributed by atoms with Gasteiger partial charge in [0.05, 0.1) is 5.69 Å². The molecular formula is C11H17ClN2. The molecule has 0 aliphatic carbocycles. The zero-order valence-electron chi connectivity index (χ0n) is 9.13. The molecule has 1 atom stereocenters. The summed E-state index contributed by atoms with van der Waals surface area (Å²) in [5, 5.41) is 3.90. The Labute approximate surface area is 90.7 Å². The molecule has 0 bridgehead atoms. The van der Waals surface area contributed by atoms with E-state index in [9.17, 15) is 0 Å². The van der Waals surface area contributed by atoms with Gasteiger partial charge in [-0.2, -0.15) is 0 Å². The average molecular weight is 213 g/mol. The molecule has 78 valence electrons. The molecule has 0 saturated heterocycles. The Hall–Kier alpha value is -0.760. The molecule has 0 aliphatic rings. The predicted molar refractivity (Wildman–Crippen MR) is 61.9 cm³/mol. The molecule has 1 rings (SSSR count). The molecular weight excluding hydrogens is 196 g/mol. The Bertz CT molecular complexity index is 310. The molecule has 0 fully saturated rings. The van der Waals surface area contributed by atoms with Crippen LogP contribution in [0.5, 0.6) is 0 Å². The van der Waals surface area contributed by atoms with E-state index >= 15 is 0 Å². The number of hydrogen-bond donors (Lipinski definition) is 1. The number of halogens is 1. The Balaban J connectivity index is 2.80. The van der Waals surface area contributed by atoms with E-state index in [4.69, 9.17) is 11.6 Å². The van der Waals surface area contributed by atoms with Crippen LogP contribution in [0.25, 0.3) is 0 Å². The van der Waals surface area contributed by atoms with Gasteiger partial charge in [0.2, 0.25) is 0 Å². The fourth-order valence-corrected chi connectivity index (χ4v) is 1.22. The average Bonchev–Trinajstić information content (AvgIpc) is 2.11. The van der Waals surface area contributed by atoms with Gasteiger partial charge in [0.1, 0.15) is 0 Å². The lowest BCUT2D eigenvalue weighted by Crippen LogP contribution is -2.21. The second-order valence-corrected chi connectivity index (χ2v) is 4.39. The van der Waals surface area contributed by atoms with Gasteiger partial charge in [-0.1, -0.05) is 25.4 Å². The molecule has 3 heteroatoms. The number of hydrogen-bond acceptors (Lipinski definition) is 2. The normalized spacial score (nSPS) is 13.0. The lowest BCUT2D eigenvalue weighted by atomic mass is 10.1. The van der Waals surface area contributed by atoms with E-state index in [2.05, 4.69) is 31.1 Å². The summed E-state index contributed by atoms with van der Waals surface area (Å²) in [4.78, 5) is 4.09. The minimum atomic E-state index is 0.399. The summed E-state index contributed by atoms with van der Waals surface area (Å²) in [5.74, 6) is 0.576. The Morgan fingerprint density at radius 3 is 2.57 bits per heavy atom. The Morgan fingerprint density at radius 1 is 1.36 bits per heavy atom. The third-order valence-electron chi connectivity index (χ3n) is 2.36. The summed E-state index contributed by atoms with van der Waals surface area (Å²) in [6, 6.07) is 2.42. The van der Waals surface area contributed by atoms with Crippen LogP contribution in [-0.4, -0.2) is 11.0 Å². The van der Waals surface area contributed by atoms with Crippen molar-refractivity contribution in [1.29, 1.82) is 0 Å². The minimum absolute atomic E-state index is 0.399. The van der Waals surface area contributed by atoms with Crippen molar-refractivity contribution in [2.24, 2.45) is 5.92 Å². The van der Waals surface area contributed by atoms with Gasteiger partial charge in [-0.05, 0) is 31.4 Å². The highest BCUT2D eigenvalue weighted by molar-refractivity contribution is 6.31. The van der Waals surface area contributed by atoms with Crippen LogP contribution in [0.2, 0.25) is 5.15 Å². The molecule has 0 aliphatic heterocycles. The number of nitrogens with one attached hydrogen (secondary N) is 1. The monoisotopic (exact) mass is 212 g/mol. The Kier molecular flexibility index (Phi) is 3.76. The summed E-state index contributed by atoms with van der Waals surface area (Å²) in [6.07, 6.45) is 1.77. The van der Waals surface area contributed by atoms with Gasteiger partial charge in [0.15, 0.2) is 5.15 Å². The van der Waals surface area contributed by atoms with Crippen LogP contribution in [0.3, 0.4) is 0 Å². The summed E-state index contributed by atoms with van der Waals surface area (Å²) in [5.41, 5.74) is 2.04. The maximum absolute atomic E-state index is 5.97. The largest absolute Gasteiger partial charge is 0.380 e. The van der Waals surface area contributed by atoms with Gasteiger partial charge in [0, 0.05) is 12.2 Å². The Morgan fingerprint density at radius 2 is 2.00 bits per heavy atom. The fraction of sp³-hybridized carbons (Fsp3) is 0.545. The van der Waals surface area contributed by atoms with Crippen LogP contribution in [-0.2, 0) is 0 Å². The summed E-state index contributed by atoms with van der Waals surface area (Å²) >= 11 is 5.97. The van der Waals surface area contributed by atoms with Crippen LogP contribution in [0.15, 0.2) is 12.3 Å². The first-order valence-corrected chi connectivity index (χ1v) is 5.27. The van der Waals surface area contributed by atoms with E-state index in [0.717, 1.165) is 11.3 Å². The summed E-state index contributed by atoms with van der Waals surface area (Å²) < 4.78 is 0. The first-order chi connectivity index (χ1) is 6.50. The summed E-state index contributed by atoms with van der Waals surface area (Å²) in [6.45, 7) is 8.50. The second kappa shape index (κ2) is 4.65. The second-order valence-electron chi connectivity index (χ2n) is 4.03. The molecule has 0 amide bonds. The van der Waals surface area contributed by atoms with Gasteiger partial charge < -0.3 is 5.32 Å². The number of nitrogens with zero attached hydrogens (tertiary/aromatic N) is 1. The molecule has 14 heavy (non-hydrogen) atoms. The van der Waals surface area contributed by atoms with Crippen LogP contribution in [0.1, 0.15) is 26.3 Å². The maximum Gasteiger partial charge on any atom is 0.152 e. The topological polar surface area (TPSA) is 24.9 Å². The lowest BCUT2D eigenvalue weighted by molar-refractivity contribution is 0.560. The van der Waals surface area contributed by atoms with Gasteiger partial charge in [-0.3, -0.25) is 0 Å². The molecule has 1 unspecified atom stereocenters. The van der Waals surface area contributed by atoms with Gasteiger partial charge in [0.25, 0.3) is 0 Å². The van der Waals surface area contributed by atoms with Gasteiger partial charge >= 0.3 is 0 Å². The lowest BCUT2D eigenvalue weighted by Gasteiger charge is -2.19. The molecule has 1 heterocycles. The predicted octanol–water partition coefficient (Wildman–Crippen LogP) is 3.50. The van der Waals surface area contributed by atoms with Gasteiger partial charge in [-0.15, -0.1) is 0 Å². The standard InChI is InChI=1S/C11H17ClN2/c1-7(2)9(4)14-10-5-8(3)6-13-11(10)12/h5-7,9,14H,1-4H3. The third kappa shape index (κ3) is 2.88. The van der Waals surface area contributed by atoms with E-state index in [1.165, 1.54) is 0 Å². The van der Waals surface area contributed by atoms with E-state index in [1.807, 2.05) is 13.0 Å². The summed E-state index contributed by atoms with van der Waals surface area (Å²) in [7, 11) is 0. The zero-order valence-corrected chi connectivity index (χ0v) is 9.89. The molecule has 1 aromatic heterocycles. The van der Waals surface area contributed by atoms with Crippen LogP contribution < -0.4 is 5.32 Å². The van der Waals surface area contributed by atoms with Crippen molar-refractivity contribution in [3.05, 3.63) is 23.0 Å². The van der Waals surface area contributed by atoms with Crippen molar-refractivity contribution in [3.63, 3.8) is 0 Å².